The number of carbonyl (C=O) groups is 1. The molecule has 5 rings (SSSR count). The number of ether oxygens (including phenoxy) is 1. The molecular weight excluding hydrogens is 425 g/mol. The normalized spacial score (nSPS) is 23.4. The van der Waals surface area contributed by atoms with Crippen LogP contribution in [-0.2, 0) is 10.9 Å². The molecule has 11 heteroatoms. The quantitative estimate of drug-likeness (QED) is 0.736. The highest BCUT2D eigenvalue weighted by atomic mass is 19.4. The maximum atomic E-state index is 13.9. The van der Waals surface area contributed by atoms with E-state index in [-0.39, 0.29) is 29.1 Å². The first-order valence-electron chi connectivity index (χ1n) is 10.7. The number of anilines is 2. The van der Waals surface area contributed by atoms with E-state index in [0.717, 1.165) is 31.5 Å². The Bertz CT molecular complexity index is 1040. The lowest BCUT2D eigenvalue weighted by molar-refractivity contribution is -0.137. The zero-order valence-corrected chi connectivity index (χ0v) is 17.4. The summed E-state index contributed by atoms with van der Waals surface area (Å²) in [6.45, 7) is 3.79. The van der Waals surface area contributed by atoms with Crippen LogP contribution >= 0.6 is 0 Å². The molecule has 4 heterocycles. The van der Waals surface area contributed by atoms with Gasteiger partial charge in [-0.3, -0.25) is 5.32 Å². The van der Waals surface area contributed by atoms with E-state index in [0.29, 0.717) is 31.0 Å². The van der Waals surface area contributed by atoms with Crippen LogP contribution in [0.25, 0.3) is 11.4 Å². The summed E-state index contributed by atoms with van der Waals surface area (Å²) in [6.07, 6.45) is -2.09. The van der Waals surface area contributed by atoms with Crippen LogP contribution in [0.3, 0.4) is 0 Å². The highest BCUT2D eigenvalue weighted by Crippen LogP contribution is 2.42. The van der Waals surface area contributed by atoms with Gasteiger partial charge in [0.25, 0.3) is 0 Å². The minimum Gasteiger partial charge on any atom is -0.441 e. The van der Waals surface area contributed by atoms with Gasteiger partial charge in [0.05, 0.1) is 16.8 Å². The van der Waals surface area contributed by atoms with E-state index in [2.05, 4.69) is 25.6 Å². The summed E-state index contributed by atoms with van der Waals surface area (Å²) in [4.78, 5) is 26.8. The van der Waals surface area contributed by atoms with Crippen LogP contribution in [0.15, 0.2) is 18.5 Å². The molecule has 2 fully saturated rings. The summed E-state index contributed by atoms with van der Waals surface area (Å²) in [5.41, 5.74) is -0.0368. The molecule has 1 aliphatic carbocycles. The van der Waals surface area contributed by atoms with Gasteiger partial charge in [-0.25, -0.2) is 19.7 Å². The number of halogens is 3. The Morgan fingerprint density at radius 2 is 2.06 bits per heavy atom. The second-order valence-corrected chi connectivity index (χ2v) is 8.31. The predicted octanol–water partition coefficient (Wildman–Crippen LogP) is 3.76. The second-order valence-electron chi connectivity index (χ2n) is 8.31. The van der Waals surface area contributed by atoms with Crippen molar-refractivity contribution in [1.82, 2.24) is 20.3 Å². The Morgan fingerprint density at radius 1 is 1.25 bits per heavy atom. The number of carbonyl (C=O) groups excluding carboxylic acids is 1. The molecule has 3 aliphatic rings. The van der Waals surface area contributed by atoms with E-state index in [1.165, 1.54) is 6.33 Å². The molecule has 1 unspecified atom stereocenters. The smallest absolute Gasteiger partial charge is 0.416 e. The third-order valence-electron chi connectivity index (χ3n) is 6.17. The Hall–Kier alpha value is -2.95. The molecule has 2 N–H and O–H groups in total. The molecule has 0 aromatic carbocycles. The second kappa shape index (κ2) is 7.88. The molecular formula is C21H23F3N6O2. The first kappa shape index (κ1) is 20.9. The van der Waals surface area contributed by atoms with Crippen LogP contribution < -0.4 is 15.5 Å². The van der Waals surface area contributed by atoms with E-state index >= 15 is 0 Å². The van der Waals surface area contributed by atoms with Gasteiger partial charge in [0, 0.05) is 25.7 Å². The topological polar surface area (TPSA) is 92.3 Å². The fourth-order valence-corrected chi connectivity index (χ4v) is 4.47. The molecule has 32 heavy (non-hydrogen) atoms. The van der Waals surface area contributed by atoms with Crippen molar-refractivity contribution in [3.8, 4) is 11.4 Å². The zero-order valence-electron chi connectivity index (χ0n) is 17.4. The van der Waals surface area contributed by atoms with E-state index in [1.807, 2.05) is 11.8 Å². The number of rotatable bonds is 4. The largest absolute Gasteiger partial charge is 0.441 e. The maximum absolute atomic E-state index is 13.9. The van der Waals surface area contributed by atoms with Crippen LogP contribution in [0.1, 0.15) is 43.4 Å². The van der Waals surface area contributed by atoms with Crippen molar-refractivity contribution in [2.45, 2.75) is 44.5 Å². The highest BCUT2D eigenvalue weighted by molar-refractivity contribution is 5.88. The number of nitrogens with one attached hydrogen (secondary N) is 2. The summed E-state index contributed by atoms with van der Waals surface area (Å²) in [7, 11) is 0. The van der Waals surface area contributed by atoms with Crippen LogP contribution in [0.4, 0.5) is 29.6 Å². The SMILES string of the molecule is CCC1OC(=O)Nc2ncnc(-c3cc(C(F)(F)F)cc(N4CCNC[C@H]4C4CC4)n3)c21. The minimum absolute atomic E-state index is 0.0831. The number of hydrogen-bond donors (Lipinski definition) is 2. The van der Waals surface area contributed by atoms with Gasteiger partial charge in [0.2, 0.25) is 0 Å². The Balaban J connectivity index is 1.65. The standard InChI is InChI=1S/C21H23F3N6O2/c1-2-15-17-18(26-10-27-19(17)29-20(31)32-15)13-7-12(21(22,23)24)8-16(28-13)30-6-5-25-9-14(30)11-3-4-11/h7-8,10-11,14-15,25H,2-6,9H2,1H3,(H,26,27,29,31)/t14-,15?/m0/s1. The van der Waals surface area contributed by atoms with Crippen LogP contribution in [0.5, 0.6) is 0 Å². The van der Waals surface area contributed by atoms with Crippen molar-refractivity contribution < 1.29 is 22.7 Å². The lowest BCUT2D eigenvalue weighted by Gasteiger charge is -2.38. The lowest BCUT2D eigenvalue weighted by atomic mass is 10.0. The summed E-state index contributed by atoms with van der Waals surface area (Å²) in [5.74, 6) is 0.980. The van der Waals surface area contributed by atoms with Gasteiger partial charge in [0.15, 0.2) is 0 Å². The van der Waals surface area contributed by atoms with Gasteiger partial charge in [-0.05, 0) is 37.3 Å². The molecule has 2 aromatic heterocycles. The Labute approximate surface area is 182 Å². The lowest BCUT2D eigenvalue weighted by Crippen LogP contribution is -2.52. The summed E-state index contributed by atoms with van der Waals surface area (Å²) >= 11 is 0. The molecule has 0 spiro atoms. The van der Waals surface area contributed by atoms with Crippen LogP contribution in [0, 0.1) is 5.92 Å². The molecule has 1 saturated carbocycles. The molecule has 2 aromatic rings. The number of hydrogen-bond acceptors (Lipinski definition) is 7. The van der Waals surface area contributed by atoms with Gasteiger partial charge in [-0.1, -0.05) is 6.92 Å². The highest BCUT2D eigenvalue weighted by Gasteiger charge is 2.39. The van der Waals surface area contributed by atoms with Crippen LogP contribution in [-0.4, -0.2) is 46.7 Å². The summed E-state index contributed by atoms with van der Waals surface area (Å²) in [5, 5.41) is 5.84. The van der Waals surface area contributed by atoms with Crippen molar-refractivity contribution >= 4 is 17.7 Å². The molecule has 0 radical (unpaired) electrons. The van der Waals surface area contributed by atoms with Gasteiger partial charge < -0.3 is 15.0 Å². The van der Waals surface area contributed by atoms with Gasteiger partial charge in [0.1, 0.15) is 29.8 Å². The molecule has 0 bridgehead atoms. The first-order valence-corrected chi connectivity index (χ1v) is 10.7. The number of alkyl halides is 3. The van der Waals surface area contributed by atoms with E-state index in [4.69, 9.17) is 4.74 Å². The summed E-state index contributed by atoms with van der Waals surface area (Å²) in [6, 6.07) is 2.23. The van der Waals surface area contributed by atoms with Crippen molar-refractivity contribution in [2.75, 3.05) is 29.9 Å². The number of amides is 1. The van der Waals surface area contributed by atoms with Gasteiger partial charge in [-0.15, -0.1) is 0 Å². The number of cyclic esters (lactones) is 1. The van der Waals surface area contributed by atoms with Crippen LogP contribution in [0.2, 0.25) is 0 Å². The van der Waals surface area contributed by atoms with Crippen molar-refractivity contribution in [1.29, 1.82) is 0 Å². The zero-order chi connectivity index (χ0) is 22.5. The van der Waals surface area contributed by atoms with Crippen molar-refractivity contribution in [3.05, 3.63) is 29.6 Å². The monoisotopic (exact) mass is 448 g/mol. The van der Waals surface area contributed by atoms with E-state index in [1.54, 1.807) is 0 Å². The third kappa shape index (κ3) is 3.85. The van der Waals surface area contributed by atoms with E-state index < -0.39 is 23.9 Å². The number of fused-ring (bicyclic) bond motifs is 1. The molecule has 2 aliphatic heterocycles. The third-order valence-corrected chi connectivity index (χ3v) is 6.17. The molecule has 170 valence electrons. The number of pyridine rings is 1. The maximum Gasteiger partial charge on any atom is 0.416 e. The molecule has 1 saturated heterocycles. The fourth-order valence-electron chi connectivity index (χ4n) is 4.47. The molecule has 8 nitrogen and oxygen atoms in total. The first-order chi connectivity index (χ1) is 15.3. The number of piperazine rings is 1. The van der Waals surface area contributed by atoms with Gasteiger partial charge in [-0.2, -0.15) is 13.2 Å². The summed E-state index contributed by atoms with van der Waals surface area (Å²) < 4.78 is 46.9. The molecule has 1 amide bonds. The minimum atomic E-state index is -4.54. The van der Waals surface area contributed by atoms with E-state index in [9.17, 15) is 18.0 Å². The average Bonchev–Trinajstić information content (AvgIpc) is 3.62. The Kier molecular flexibility index (Phi) is 5.15. The van der Waals surface area contributed by atoms with Crippen molar-refractivity contribution in [2.24, 2.45) is 5.92 Å². The van der Waals surface area contributed by atoms with Gasteiger partial charge >= 0.3 is 12.3 Å². The van der Waals surface area contributed by atoms with Crippen molar-refractivity contribution in [3.63, 3.8) is 0 Å². The Morgan fingerprint density at radius 3 is 2.78 bits per heavy atom. The fraction of sp³-hybridized carbons (Fsp3) is 0.524. The number of aromatic nitrogens is 3. The number of nitrogens with zero attached hydrogens (tertiary/aromatic N) is 4. The predicted molar refractivity (Wildman–Crippen MR) is 110 cm³/mol. The molecule has 2 atom stereocenters. The average molecular weight is 448 g/mol.